The van der Waals surface area contributed by atoms with E-state index in [1.807, 2.05) is 36.4 Å². The number of hydrogen-bond donors (Lipinski definition) is 1. The molecule has 3 aromatic rings. The molecule has 0 atom stereocenters. The van der Waals surface area contributed by atoms with Crippen LogP contribution in [0.1, 0.15) is 55.2 Å². The molecule has 1 heterocycles. The third kappa shape index (κ3) is 4.23. The number of aromatic nitrogens is 4. The number of carbonyl (C=O) groups excluding carboxylic acids is 1. The average molecular weight is 422 g/mol. The first kappa shape index (κ1) is 20.8. The maximum absolute atomic E-state index is 12.0. The third-order valence-corrected chi connectivity index (χ3v) is 5.71. The maximum Gasteiger partial charge on any atom is 0.338 e. The Hall–Kier alpha value is -3.42. The zero-order valence-electron chi connectivity index (χ0n) is 17.9. The average Bonchev–Trinajstić information content (AvgIpc) is 3.31. The molecule has 1 aliphatic carbocycles. The lowest BCUT2D eigenvalue weighted by atomic mass is 9.80. The van der Waals surface area contributed by atoms with Crippen LogP contribution in [0.4, 0.5) is 5.69 Å². The van der Waals surface area contributed by atoms with Crippen molar-refractivity contribution in [2.75, 3.05) is 19.0 Å². The number of methoxy groups -OCH3 is 1. The molecule has 1 aliphatic rings. The van der Waals surface area contributed by atoms with Crippen LogP contribution in [0.2, 0.25) is 0 Å². The SMILES string of the molecule is CCOC(=O)c1ccc(-n2nnnc2C2(Nc3ccccc3OC)CCCCC2)cc1. The lowest BCUT2D eigenvalue weighted by Crippen LogP contribution is -2.40. The van der Waals surface area contributed by atoms with Gasteiger partial charge in [0.2, 0.25) is 0 Å². The summed E-state index contributed by atoms with van der Waals surface area (Å²) in [5.74, 6) is 1.19. The molecule has 8 nitrogen and oxygen atoms in total. The molecule has 0 saturated heterocycles. The molecule has 1 fully saturated rings. The second kappa shape index (κ2) is 9.16. The summed E-state index contributed by atoms with van der Waals surface area (Å²) in [6.07, 6.45) is 5.16. The van der Waals surface area contributed by atoms with Gasteiger partial charge >= 0.3 is 5.97 Å². The molecule has 0 amide bonds. The van der Waals surface area contributed by atoms with Gasteiger partial charge in [0.05, 0.1) is 36.2 Å². The van der Waals surface area contributed by atoms with Gasteiger partial charge in [0.25, 0.3) is 0 Å². The number of nitrogens with one attached hydrogen (secondary N) is 1. The standard InChI is InChI=1S/C23H27N5O3/c1-3-31-21(29)17-11-13-18(14-12-17)28-22(25-26-27-28)23(15-7-4-8-16-23)24-19-9-5-6-10-20(19)30-2/h5-6,9-14,24H,3-4,7-8,15-16H2,1-2H3. The van der Waals surface area contributed by atoms with Gasteiger partial charge in [-0.1, -0.05) is 31.4 Å². The Morgan fingerprint density at radius 1 is 1.10 bits per heavy atom. The quantitative estimate of drug-likeness (QED) is 0.574. The van der Waals surface area contributed by atoms with E-state index in [2.05, 4.69) is 20.8 Å². The van der Waals surface area contributed by atoms with Gasteiger partial charge in [0, 0.05) is 0 Å². The maximum atomic E-state index is 12.0. The molecule has 1 N–H and O–H groups in total. The van der Waals surface area contributed by atoms with Crippen LogP contribution in [0, 0.1) is 0 Å². The Morgan fingerprint density at radius 2 is 1.84 bits per heavy atom. The van der Waals surface area contributed by atoms with Crippen LogP contribution in [0.15, 0.2) is 48.5 Å². The molecule has 0 aliphatic heterocycles. The van der Waals surface area contributed by atoms with E-state index in [1.165, 1.54) is 6.42 Å². The van der Waals surface area contributed by atoms with E-state index in [9.17, 15) is 4.79 Å². The summed E-state index contributed by atoms with van der Waals surface area (Å²) < 4.78 is 12.4. The first-order valence-corrected chi connectivity index (χ1v) is 10.6. The van der Waals surface area contributed by atoms with Gasteiger partial charge < -0.3 is 14.8 Å². The highest BCUT2D eigenvalue weighted by Crippen LogP contribution is 2.41. The first-order valence-electron chi connectivity index (χ1n) is 10.6. The van der Waals surface area contributed by atoms with Gasteiger partial charge in [-0.15, -0.1) is 5.10 Å². The van der Waals surface area contributed by atoms with Crippen LogP contribution in [-0.2, 0) is 10.3 Å². The fourth-order valence-electron chi connectivity index (χ4n) is 4.18. The number of rotatable bonds is 7. The van der Waals surface area contributed by atoms with Crippen molar-refractivity contribution in [3.63, 3.8) is 0 Å². The van der Waals surface area contributed by atoms with E-state index in [0.29, 0.717) is 12.2 Å². The summed E-state index contributed by atoms with van der Waals surface area (Å²) in [6.45, 7) is 2.13. The number of para-hydroxylation sites is 2. The molecule has 0 radical (unpaired) electrons. The van der Waals surface area contributed by atoms with Gasteiger partial charge in [-0.3, -0.25) is 0 Å². The summed E-state index contributed by atoms with van der Waals surface area (Å²) in [5, 5.41) is 16.4. The Balaban J connectivity index is 1.70. The van der Waals surface area contributed by atoms with Crippen molar-refractivity contribution in [1.29, 1.82) is 0 Å². The van der Waals surface area contributed by atoms with E-state index in [0.717, 1.165) is 48.6 Å². The van der Waals surface area contributed by atoms with E-state index >= 15 is 0 Å². The molecule has 0 spiro atoms. The number of nitrogens with zero attached hydrogens (tertiary/aromatic N) is 4. The van der Waals surface area contributed by atoms with Crippen LogP contribution in [0.5, 0.6) is 5.75 Å². The molecule has 1 aromatic heterocycles. The number of esters is 1. The van der Waals surface area contributed by atoms with Crippen LogP contribution in [-0.4, -0.2) is 39.9 Å². The highest BCUT2D eigenvalue weighted by molar-refractivity contribution is 5.89. The van der Waals surface area contributed by atoms with Gasteiger partial charge in [-0.05, 0) is 66.6 Å². The third-order valence-electron chi connectivity index (χ3n) is 5.71. The summed E-state index contributed by atoms with van der Waals surface area (Å²) in [6, 6.07) is 15.0. The number of ether oxygens (including phenoxy) is 2. The van der Waals surface area contributed by atoms with Crippen molar-refractivity contribution < 1.29 is 14.3 Å². The molecule has 2 aromatic carbocycles. The van der Waals surface area contributed by atoms with Crippen LogP contribution in [0.3, 0.4) is 0 Å². The lowest BCUT2D eigenvalue weighted by molar-refractivity contribution is 0.0526. The summed E-state index contributed by atoms with van der Waals surface area (Å²) >= 11 is 0. The van der Waals surface area contributed by atoms with Crippen molar-refractivity contribution in [3.05, 3.63) is 59.9 Å². The summed E-state index contributed by atoms with van der Waals surface area (Å²) in [5.41, 5.74) is 1.79. The van der Waals surface area contributed by atoms with Crippen molar-refractivity contribution in [2.24, 2.45) is 0 Å². The minimum absolute atomic E-state index is 0.340. The summed E-state index contributed by atoms with van der Waals surface area (Å²) in [4.78, 5) is 12.0. The number of benzene rings is 2. The van der Waals surface area contributed by atoms with Gasteiger partial charge in [0.1, 0.15) is 5.75 Å². The number of tetrazole rings is 1. The number of hydrogen-bond acceptors (Lipinski definition) is 7. The fourth-order valence-corrected chi connectivity index (χ4v) is 4.18. The molecule has 31 heavy (non-hydrogen) atoms. The molecule has 8 heteroatoms. The Labute approximate surface area is 181 Å². The minimum atomic E-state index is -0.420. The second-order valence-corrected chi connectivity index (χ2v) is 7.65. The zero-order valence-corrected chi connectivity index (χ0v) is 17.9. The molecule has 162 valence electrons. The van der Waals surface area contributed by atoms with E-state index in [1.54, 1.807) is 30.8 Å². The Morgan fingerprint density at radius 3 is 2.55 bits per heavy atom. The van der Waals surface area contributed by atoms with Crippen molar-refractivity contribution in [1.82, 2.24) is 20.2 Å². The van der Waals surface area contributed by atoms with E-state index < -0.39 is 5.54 Å². The number of anilines is 1. The number of carbonyl (C=O) groups is 1. The van der Waals surface area contributed by atoms with Gasteiger partial charge in [-0.2, -0.15) is 4.68 Å². The Bertz CT molecular complexity index is 1030. The fraction of sp³-hybridized carbons (Fsp3) is 0.391. The van der Waals surface area contributed by atoms with Gasteiger partial charge in [-0.25, -0.2) is 4.79 Å². The molecule has 0 unspecified atom stereocenters. The largest absolute Gasteiger partial charge is 0.495 e. The van der Waals surface area contributed by atoms with Crippen molar-refractivity contribution >= 4 is 11.7 Å². The van der Waals surface area contributed by atoms with Crippen LogP contribution >= 0.6 is 0 Å². The predicted molar refractivity (Wildman–Crippen MR) is 116 cm³/mol. The van der Waals surface area contributed by atoms with Crippen LogP contribution in [0.25, 0.3) is 5.69 Å². The molecule has 1 saturated carbocycles. The van der Waals surface area contributed by atoms with Gasteiger partial charge in [0.15, 0.2) is 5.82 Å². The topological polar surface area (TPSA) is 91.2 Å². The monoisotopic (exact) mass is 421 g/mol. The second-order valence-electron chi connectivity index (χ2n) is 7.65. The lowest BCUT2D eigenvalue weighted by Gasteiger charge is -2.38. The molecule has 0 bridgehead atoms. The first-order chi connectivity index (χ1) is 15.2. The van der Waals surface area contributed by atoms with E-state index in [-0.39, 0.29) is 5.97 Å². The smallest absolute Gasteiger partial charge is 0.338 e. The summed E-state index contributed by atoms with van der Waals surface area (Å²) in [7, 11) is 1.67. The van der Waals surface area contributed by atoms with Crippen molar-refractivity contribution in [2.45, 2.75) is 44.6 Å². The highest BCUT2D eigenvalue weighted by atomic mass is 16.5. The molecular formula is C23H27N5O3. The molecular weight excluding hydrogens is 394 g/mol. The van der Waals surface area contributed by atoms with E-state index in [4.69, 9.17) is 9.47 Å². The predicted octanol–water partition coefficient (Wildman–Crippen LogP) is 4.12. The Kier molecular flexibility index (Phi) is 6.16. The molecule has 4 rings (SSSR count). The zero-order chi connectivity index (χ0) is 21.7. The van der Waals surface area contributed by atoms with Crippen molar-refractivity contribution in [3.8, 4) is 11.4 Å². The normalized spacial score (nSPS) is 15.3. The van der Waals surface area contributed by atoms with Crippen LogP contribution < -0.4 is 10.1 Å². The minimum Gasteiger partial charge on any atom is -0.495 e. The highest BCUT2D eigenvalue weighted by Gasteiger charge is 2.39.